The van der Waals surface area contributed by atoms with E-state index < -0.39 is 0 Å². The fourth-order valence-electron chi connectivity index (χ4n) is 4.25. The van der Waals surface area contributed by atoms with Gasteiger partial charge in [0.2, 0.25) is 17.8 Å². The molecule has 0 unspecified atom stereocenters. The Morgan fingerprint density at radius 1 is 0.966 bits per heavy atom. The lowest BCUT2D eigenvalue weighted by atomic mass is 9.79. The normalized spacial score (nSPS) is 18.4. The number of aliphatic hydroxyl groups is 2. The monoisotopic (exact) mass is 409 g/mol. The van der Waals surface area contributed by atoms with Crippen LogP contribution in [-0.4, -0.2) is 75.1 Å². The summed E-state index contributed by atoms with van der Waals surface area (Å²) >= 11 is 0. The molecule has 5 N–H and O–H groups in total. The summed E-state index contributed by atoms with van der Waals surface area (Å²) in [7, 11) is 0. The highest BCUT2D eigenvalue weighted by Gasteiger charge is 2.40. The van der Waals surface area contributed by atoms with Gasteiger partial charge in [-0.3, -0.25) is 0 Å². The lowest BCUT2D eigenvalue weighted by Crippen LogP contribution is -2.62. The van der Waals surface area contributed by atoms with Crippen LogP contribution in [0.25, 0.3) is 0 Å². The van der Waals surface area contributed by atoms with Crippen LogP contribution < -0.4 is 20.9 Å². The molecule has 0 atom stereocenters. The van der Waals surface area contributed by atoms with E-state index in [1.807, 2.05) is 0 Å². The Kier molecular flexibility index (Phi) is 8.42. The summed E-state index contributed by atoms with van der Waals surface area (Å²) in [4.78, 5) is 16.0. The summed E-state index contributed by atoms with van der Waals surface area (Å²) < 4.78 is 0. The van der Waals surface area contributed by atoms with E-state index in [2.05, 4.69) is 70.4 Å². The Balaban J connectivity index is 2.38. The van der Waals surface area contributed by atoms with E-state index in [4.69, 9.17) is 10.2 Å². The third-order valence-corrected chi connectivity index (χ3v) is 5.03. The quantitative estimate of drug-likeness (QED) is 0.371. The number of hydrogen-bond donors (Lipinski definition) is 5. The van der Waals surface area contributed by atoms with Gasteiger partial charge in [0.25, 0.3) is 0 Å². The van der Waals surface area contributed by atoms with Crippen molar-refractivity contribution < 1.29 is 10.2 Å². The zero-order valence-corrected chi connectivity index (χ0v) is 18.6. The maximum absolute atomic E-state index is 9.15. The van der Waals surface area contributed by atoms with Crippen LogP contribution in [0.15, 0.2) is 0 Å². The average molecular weight is 410 g/mol. The summed E-state index contributed by atoms with van der Waals surface area (Å²) in [6.07, 6.45) is 4.12. The second kappa shape index (κ2) is 10.4. The molecule has 1 aliphatic rings. The van der Waals surface area contributed by atoms with E-state index in [1.165, 1.54) is 0 Å². The number of rotatable bonds is 11. The van der Waals surface area contributed by atoms with Crippen LogP contribution in [0.3, 0.4) is 0 Å². The number of hydrogen-bond acceptors (Lipinski definition) is 9. The highest BCUT2D eigenvalue weighted by Crippen LogP contribution is 2.33. The van der Waals surface area contributed by atoms with Crippen LogP contribution in [0.2, 0.25) is 0 Å². The molecular weight excluding hydrogens is 370 g/mol. The lowest BCUT2D eigenvalue weighted by molar-refractivity contribution is 0.158. The zero-order valence-electron chi connectivity index (χ0n) is 18.6. The van der Waals surface area contributed by atoms with E-state index in [-0.39, 0.29) is 24.3 Å². The molecule has 1 fully saturated rings. The number of aliphatic hydroxyl groups excluding tert-OH is 2. The third-order valence-electron chi connectivity index (χ3n) is 5.03. The minimum Gasteiger partial charge on any atom is -0.395 e. The Morgan fingerprint density at radius 2 is 1.48 bits per heavy atom. The van der Waals surface area contributed by atoms with Gasteiger partial charge in [0, 0.05) is 36.8 Å². The van der Waals surface area contributed by atoms with E-state index in [1.54, 1.807) is 0 Å². The summed E-state index contributed by atoms with van der Waals surface area (Å²) in [5, 5.41) is 28.1. The van der Waals surface area contributed by atoms with Gasteiger partial charge in [-0.15, -0.1) is 0 Å². The fraction of sp³-hybridized carbons (Fsp3) is 0.850. The maximum atomic E-state index is 9.15. The van der Waals surface area contributed by atoms with Crippen LogP contribution in [0.5, 0.6) is 0 Å². The topological polar surface area (TPSA) is 118 Å². The number of aromatic nitrogens is 3. The summed E-state index contributed by atoms with van der Waals surface area (Å²) in [5.74, 6) is 1.49. The zero-order chi connectivity index (χ0) is 21.5. The van der Waals surface area contributed by atoms with Crippen molar-refractivity contribution in [2.24, 2.45) is 0 Å². The van der Waals surface area contributed by atoms with Gasteiger partial charge in [-0.1, -0.05) is 13.3 Å². The molecule has 9 nitrogen and oxygen atoms in total. The molecule has 29 heavy (non-hydrogen) atoms. The van der Waals surface area contributed by atoms with Gasteiger partial charge in [-0.25, -0.2) is 0 Å². The molecule has 1 aromatic heterocycles. The number of unbranched alkanes of at least 4 members (excludes halogenated alkanes) is 1. The first-order valence-corrected chi connectivity index (χ1v) is 10.7. The van der Waals surface area contributed by atoms with Gasteiger partial charge in [0.1, 0.15) is 0 Å². The standard InChI is InChI=1S/C20H39N7O2/c1-6-7-10-27(15-13-19(2,3)26-20(4,5)14-15)18-24-16(21-8-11-28)23-17(25-18)22-9-12-29/h15,26,28-29H,6-14H2,1-5H3,(H2,21,22,23,24,25). The smallest absolute Gasteiger partial charge is 0.232 e. The van der Waals surface area contributed by atoms with Gasteiger partial charge in [0.05, 0.1) is 13.2 Å². The maximum Gasteiger partial charge on any atom is 0.232 e. The van der Waals surface area contributed by atoms with E-state index in [0.717, 1.165) is 32.2 Å². The Hall–Kier alpha value is -1.71. The predicted octanol–water partition coefficient (Wildman–Crippen LogP) is 1.60. The van der Waals surface area contributed by atoms with E-state index >= 15 is 0 Å². The van der Waals surface area contributed by atoms with Crippen LogP contribution in [0.4, 0.5) is 17.8 Å². The van der Waals surface area contributed by atoms with E-state index in [9.17, 15) is 0 Å². The minimum absolute atomic E-state index is 0.00333. The fourth-order valence-corrected chi connectivity index (χ4v) is 4.25. The number of piperidine rings is 1. The first-order chi connectivity index (χ1) is 13.7. The van der Waals surface area contributed by atoms with Crippen molar-refractivity contribution in [3.8, 4) is 0 Å². The van der Waals surface area contributed by atoms with Crippen molar-refractivity contribution in [3.05, 3.63) is 0 Å². The number of nitrogens with one attached hydrogen (secondary N) is 3. The SMILES string of the molecule is CCCCN(c1nc(NCCO)nc(NCCO)n1)C1CC(C)(C)NC(C)(C)C1. The van der Waals surface area contributed by atoms with Gasteiger partial charge < -0.3 is 31.1 Å². The molecule has 0 saturated carbocycles. The molecule has 0 spiro atoms. The second-order valence-corrected chi connectivity index (χ2v) is 9.09. The molecule has 0 radical (unpaired) electrons. The second-order valence-electron chi connectivity index (χ2n) is 9.09. The average Bonchev–Trinajstić information content (AvgIpc) is 2.62. The van der Waals surface area contributed by atoms with Gasteiger partial charge >= 0.3 is 0 Å². The summed E-state index contributed by atoms with van der Waals surface area (Å²) in [6.45, 7) is 12.8. The van der Waals surface area contributed by atoms with Crippen LogP contribution >= 0.6 is 0 Å². The third kappa shape index (κ3) is 7.24. The molecule has 1 aromatic rings. The molecule has 2 heterocycles. The summed E-state index contributed by atoms with van der Waals surface area (Å²) in [5.41, 5.74) is 0.0275. The minimum atomic E-state index is -0.00333. The van der Waals surface area contributed by atoms with Gasteiger partial charge in [0.15, 0.2) is 0 Å². The van der Waals surface area contributed by atoms with Crippen molar-refractivity contribution in [2.45, 2.75) is 77.4 Å². The van der Waals surface area contributed by atoms with Crippen LogP contribution in [0, 0.1) is 0 Å². The Bertz CT molecular complexity index is 597. The molecule has 1 aliphatic heterocycles. The number of anilines is 3. The van der Waals surface area contributed by atoms with Crippen LogP contribution in [-0.2, 0) is 0 Å². The van der Waals surface area contributed by atoms with Crippen molar-refractivity contribution >= 4 is 17.8 Å². The molecule has 0 aromatic carbocycles. The Morgan fingerprint density at radius 3 is 1.93 bits per heavy atom. The molecule has 2 rings (SSSR count). The largest absolute Gasteiger partial charge is 0.395 e. The van der Waals surface area contributed by atoms with Crippen molar-refractivity contribution in [1.82, 2.24) is 20.3 Å². The first-order valence-electron chi connectivity index (χ1n) is 10.7. The molecule has 0 aliphatic carbocycles. The Labute approximate surface area is 174 Å². The van der Waals surface area contributed by atoms with Crippen molar-refractivity contribution in [1.29, 1.82) is 0 Å². The molecule has 0 amide bonds. The molecular formula is C20H39N7O2. The molecule has 0 bridgehead atoms. The first kappa shape index (κ1) is 23.6. The number of nitrogens with zero attached hydrogens (tertiary/aromatic N) is 4. The van der Waals surface area contributed by atoms with Crippen molar-refractivity contribution in [2.75, 3.05) is 48.4 Å². The molecule has 1 saturated heterocycles. The molecule has 166 valence electrons. The molecule has 9 heteroatoms. The predicted molar refractivity (Wildman–Crippen MR) is 118 cm³/mol. The van der Waals surface area contributed by atoms with Crippen molar-refractivity contribution in [3.63, 3.8) is 0 Å². The van der Waals surface area contributed by atoms with Crippen LogP contribution in [0.1, 0.15) is 60.3 Å². The highest BCUT2D eigenvalue weighted by atomic mass is 16.3. The lowest BCUT2D eigenvalue weighted by Gasteiger charge is -2.49. The van der Waals surface area contributed by atoms with E-state index in [0.29, 0.717) is 37.0 Å². The highest BCUT2D eigenvalue weighted by molar-refractivity contribution is 5.45. The van der Waals surface area contributed by atoms with Gasteiger partial charge in [-0.2, -0.15) is 15.0 Å². The van der Waals surface area contributed by atoms with Gasteiger partial charge in [-0.05, 0) is 47.0 Å². The summed E-state index contributed by atoms with van der Waals surface area (Å²) in [6, 6.07) is 0.298.